The molecule has 0 radical (unpaired) electrons. The van der Waals surface area contributed by atoms with Crippen molar-refractivity contribution in [2.24, 2.45) is 0 Å². The third-order valence-electron chi connectivity index (χ3n) is 3.67. The lowest BCUT2D eigenvalue weighted by atomic mass is 10.1. The molecule has 0 fully saturated rings. The molecule has 2 unspecified atom stereocenters. The number of hydrogen-bond donors (Lipinski definition) is 1. The van der Waals surface area contributed by atoms with Crippen LogP contribution in [0.15, 0.2) is 0 Å². The van der Waals surface area contributed by atoms with Crippen molar-refractivity contribution in [2.45, 2.75) is 65.6 Å². The van der Waals surface area contributed by atoms with E-state index in [1.165, 1.54) is 45.3 Å². The Balaban J connectivity index is 3.83. The Morgan fingerprint density at radius 3 is 2.06 bits per heavy atom. The molecule has 2 atom stereocenters. The standard InChI is InChI=1S/C15H35N3/c1-7-11-15(17(5)6)16-14(4)12-10-13-18(8-2)9-3/h14-16H,7-13H2,1-6H3. The predicted octanol–water partition coefficient (Wildman–Crippen LogP) is 2.77. The van der Waals surface area contributed by atoms with E-state index in [1.54, 1.807) is 0 Å². The van der Waals surface area contributed by atoms with E-state index in [4.69, 9.17) is 0 Å². The summed E-state index contributed by atoms with van der Waals surface area (Å²) in [6, 6.07) is 0.611. The number of nitrogens with zero attached hydrogens (tertiary/aromatic N) is 2. The second-order valence-electron chi connectivity index (χ2n) is 5.50. The van der Waals surface area contributed by atoms with Crippen LogP contribution in [0, 0.1) is 0 Å². The minimum atomic E-state index is 0.526. The maximum absolute atomic E-state index is 3.73. The molecule has 0 spiro atoms. The van der Waals surface area contributed by atoms with Crippen molar-refractivity contribution in [3.8, 4) is 0 Å². The zero-order chi connectivity index (χ0) is 14.0. The summed E-state index contributed by atoms with van der Waals surface area (Å²) in [5, 5.41) is 3.73. The van der Waals surface area contributed by atoms with Crippen LogP contribution in [0.3, 0.4) is 0 Å². The molecule has 0 aliphatic carbocycles. The summed E-state index contributed by atoms with van der Waals surface area (Å²) in [6.07, 6.45) is 5.56. The van der Waals surface area contributed by atoms with Gasteiger partial charge in [0.1, 0.15) is 0 Å². The Hall–Kier alpha value is -0.120. The third-order valence-corrected chi connectivity index (χ3v) is 3.67. The first-order chi connectivity index (χ1) is 8.54. The molecule has 18 heavy (non-hydrogen) atoms. The second-order valence-corrected chi connectivity index (χ2v) is 5.50. The predicted molar refractivity (Wildman–Crippen MR) is 82.0 cm³/mol. The van der Waals surface area contributed by atoms with Gasteiger partial charge in [0.15, 0.2) is 0 Å². The quantitative estimate of drug-likeness (QED) is 0.574. The number of rotatable bonds is 11. The van der Waals surface area contributed by atoms with Gasteiger partial charge in [0.05, 0.1) is 6.17 Å². The van der Waals surface area contributed by atoms with Crippen LogP contribution >= 0.6 is 0 Å². The summed E-state index contributed by atoms with van der Waals surface area (Å²) in [7, 11) is 4.33. The van der Waals surface area contributed by atoms with E-state index in [1.807, 2.05) is 0 Å². The molecule has 1 N–H and O–H groups in total. The van der Waals surface area contributed by atoms with Gasteiger partial charge in [-0.15, -0.1) is 0 Å². The molecule has 0 heterocycles. The first-order valence-electron chi connectivity index (χ1n) is 7.69. The van der Waals surface area contributed by atoms with Crippen molar-refractivity contribution < 1.29 is 0 Å². The smallest absolute Gasteiger partial charge is 0.0593 e. The molecule has 3 nitrogen and oxygen atoms in total. The zero-order valence-corrected chi connectivity index (χ0v) is 13.5. The highest BCUT2D eigenvalue weighted by Crippen LogP contribution is 2.05. The Labute approximate surface area is 115 Å². The van der Waals surface area contributed by atoms with Crippen LogP contribution in [0.4, 0.5) is 0 Å². The largest absolute Gasteiger partial charge is 0.304 e. The van der Waals surface area contributed by atoms with Crippen molar-refractivity contribution in [3.63, 3.8) is 0 Å². The summed E-state index contributed by atoms with van der Waals surface area (Å²) in [4.78, 5) is 4.80. The Bertz CT molecular complexity index is 179. The van der Waals surface area contributed by atoms with Gasteiger partial charge in [-0.2, -0.15) is 0 Å². The third kappa shape index (κ3) is 8.06. The average molecular weight is 257 g/mol. The number of nitrogens with one attached hydrogen (secondary N) is 1. The maximum Gasteiger partial charge on any atom is 0.0593 e. The molecular weight excluding hydrogens is 222 g/mol. The highest BCUT2D eigenvalue weighted by molar-refractivity contribution is 4.70. The molecule has 0 rings (SSSR count). The molecule has 0 amide bonds. The summed E-state index contributed by atoms with van der Waals surface area (Å²) in [6.45, 7) is 12.6. The minimum absolute atomic E-state index is 0.526. The van der Waals surface area contributed by atoms with Crippen molar-refractivity contribution in [3.05, 3.63) is 0 Å². The lowest BCUT2D eigenvalue weighted by Gasteiger charge is -2.29. The molecule has 3 heteroatoms. The van der Waals surface area contributed by atoms with E-state index < -0.39 is 0 Å². The van der Waals surface area contributed by atoms with E-state index in [0.717, 1.165) is 0 Å². The minimum Gasteiger partial charge on any atom is -0.304 e. The molecule has 0 bridgehead atoms. The van der Waals surface area contributed by atoms with Gasteiger partial charge in [-0.3, -0.25) is 10.2 Å². The maximum atomic E-state index is 3.73. The van der Waals surface area contributed by atoms with Gasteiger partial charge >= 0.3 is 0 Å². The van der Waals surface area contributed by atoms with Crippen molar-refractivity contribution >= 4 is 0 Å². The van der Waals surface area contributed by atoms with E-state index >= 15 is 0 Å². The van der Waals surface area contributed by atoms with Crippen LogP contribution in [-0.4, -0.2) is 55.7 Å². The van der Waals surface area contributed by atoms with Crippen LogP contribution in [-0.2, 0) is 0 Å². The van der Waals surface area contributed by atoms with Gasteiger partial charge < -0.3 is 4.90 Å². The van der Waals surface area contributed by atoms with Crippen LogP contribution in [0.2, 0.25) is 0 Å². The molecular formula is C15H35N3. The molecule has 0 aromatic carbocycles. The Morgan fingerprint density at radius 1 is 1.00 bits per heavy atom. The van der Waals surface area contributed by atoms with Gasteiger partial charge in [0.2, 0.25) is 0 Å². The molecule has 0 saturated carbocycles. The molecule has 0 saturated heterocycles. The first-order valence-corrected chi connectivity index (χ1v) is 7.69. The van der Waals surface area contributed by atoms with Gasteiger partial charge in [0.25, 0.3) is 0 Å². The van der Waals surface area contributed by atoms with Crippen molar-refractivity contribution in [2.75, 3.05) is 33.7 Å². The summed E-state index contributed by atoms with van der Waals surface area (Å²) < 4.78 is 0. The molecule has 0 aromatic rings. The van der Waals surface area contributed by atoms with Gasteiger partial charge in [-0.1, -0.05) is 27.2 Å². The summed E-state index contributed by atoms with van der Waals surface area (Å²) in [5.41, 5.74) is 0. The van der Waals surface area contributed by atoms with Crippen LogP contribution in [0.1, 0.15) is 53.4 Å². The Morgan fingerprint density at radius 2 is 1.61 bits per heavy atom. The lowest BCUT2D eigenvalue weighted by molar-refractivity contribution is 0.206. The monoisotopic (exact) mass is 257 g/mol. The summed E-state index contributed by atoms with van der Waals surface area (Å²) >= 11 is 0. The fourth-order valence-electron chi connectivity index (χ4n) is 2.34. The Kier molecular flexibility index (Phi) is 10.7. The molecule has 0 aliphatic rings. The van der Waals surface area contributed by atoms with E-state index in [2.05, 4.69) is 56.9 Å². The first kappa shape index (κ1) is 17.9. The molecule has 110 valence electrons. The zero-order valence-electron chi connectivity index (χ0n) is 13.5. The summed E-state index contributed by atoms with van der Waals surface area (Å²) in [5.74, 6) is 0. The number of hydrogen-bond acceptors (Lipinski definition) is 3. The van der Waals surface area contributed by atoms with Gasteiger partial charge in [0, 0.05) is 6.04 Å². The highest BCUT2D eigenvalue weighted by Gasteiger charge is 2.13. The topological polar surface area (TPSA) is 18.5 Å². The fourth-order valence-corrected chi connectivity index (χ4v) is 2.34. The molecule has 0 aliphatic heterocycles. The van der Waals surface area contributed by atoms with E-state index in [0.29, 0.717) is 12.2 Å². The second kappa shape index (κ2) is 10.8. The lowest BCUT2D eigenvalue weighted by Crippen LogP contribution is -2.45. The van der Waals surface area contributed by atoms with E-state index in [9.17, 15) is 0 Å². The van der Waals surface area contributed by atoms with Gasteiger partial charge in [-0.25, -0.2) is 0 Å². The molecule has 0 aromatic heterocycles. The van der Waals surface area contributed by atoms with Gasteiger partial charge in [-0.05, 0) is 59.9 Å². The normalized spacial score (nSPS) is 15.3. The fraction of sp³-hybridized carbons (Fsp3) is 1.00. The van der Waals surface area contributed by atoms with Crippen LogP contribution < -0.4 is 5.32 Å². The highest BCUT2D eigenvalue weighted by atomic mass is 15.2. The van der Waals surface area contributed by atoms with Crippen LogP contribution in [0.5, 0.6) is 0 Å². The average Bonchev–Trinajstić information content (AvgIpc) is 2.34. The van der Waals surface area contributed by atoms with E-state index in [-0.39, 0.29) is 0 Å². The van der Waals surface area contributed by atoms with Crippen molar-refractivity contribution in [1.82, 2.24) is 15.1 Å². The SMILES string of the molecule is CCCC(NC(C)CCCN(CC)CC)N(C)C. The van der Waals surface area contributed by atoms with Crippen molar-refractivity contribution in [1.29, 1.82) is 0 Å². The van der Waals surface area contributed by atoms with Crippen LogP contribution in [0.25, 0.3) is 0 Å².